The summed E-state index contributed by atoms with van der Waals surface area (Å²) in [5, 5.41) is 14.2. The van der Waals surface area contributed by atoms with Gasteiger partial charge in [-0.15, -0.1) is 0 Å². The molecular formula is C25H25N3O6. The number of carbonyl (C=O) groups excluding carboxylic acids is 2. The van der Waals surface area contributed by atoms with Crippen LogP contribution >= 0.6 is 0 Å². The van der Waals surface area contributed by atoms with Gasteiger partial charge in [0, 0.05) is 5.92 Å². The van der Waals surface area contributed by atoms with Gasteiger partial charge >= 0.3 is 12.1 Å². The van der Waals surface area contributed by atoms with E-state index >= 15 is 0 Å². The topological polar surface area (TPSA) is 131 Å². The molecule has 2 amide bonds. The van der Waals surface area contributed by atoms with Gasteiger partial charge in [-0.05, 0) is 36.1 Å². The molecule has 0 saturated heterocycles. The van der Waals surface area contributed by atoms with Crippen LogP contribution in [0.2, 0.25) is 0 Å². The van der Waals surface area contributed by atoms with Crippen LogP contribution in [-0.4, -0.2) is 40.7 Å². The van der Waals surface area contributed by atoms with E-state index in [9.17, 15) is 19.5 Å². The number of carbonyl (C=O) groups is 3. The monoisotopic (exact) mass is 463 g/mol. The Bertz CT molecular complexity index is 1180. The van der Waals surface area contributed by atoms with E-state index in [4.69, 9.17) is 9.15 Å². The van der Waals surface area contributed by atoms with Crippen LogP contribution < -0.4 is 10.6 Å². The highest BCUT2D eigenvalue weighted by Crippen LogP contribution is 2.44. The van der Waals surface area contributed by atoms with Gasteiger partial charge in [-0.25, -0.2) is 9.78 Å². The number of oxazole rings is 1. The van der Waals surface area contributed by atoms with E-state index in [0.29, 0.717) is 5.76 Å². The number of rotatable bonds is 8. The fourth-order valence-electron chi connectivity index (χ4n) is 4.11. The molecule has 1 aliphatic rings. The molecule has 1 aliphatic carbocycles. The molecule has 3 aromatic rings. The molecule has 0 spiro atoms. The van der Waals surface area contributed by atoms with Crippen molar-refractivity contribution >= 4 is 18.0 Å². The van der Waals surface area contributed by atoms with E-state index in [1.165, 1.54) is 6.20 Å². The number of fused-ring (bicyclic) bond motifs is 3. The quantitative estimate of drug-likeness (QED) is 0.466. The Labute approximate surface area is 196 Å². The fourth-order valence-corrected chi connectivity index (χ4v) is 4.11. The third-order valence-electron chi connectivity index (χ3n) is 5.70. The first-order valence-electron chi connectivity index (χ1n) is 10.9. The highest BCUT2D eigenvalue weighted by molar-refractivity contribution is 5.89. The van der Waals surface area contributed by atoms with Gasteiger partial charge in [0.25, 0.3) is 0 Å². The van der Waals surface area contributed by atoms with Crippen molar-refractivity contribution < 1.29 is 28.6 Å². The summed E-state index contributed by atoms with van der Waals surface area (Å²) in [6.07, 6.45) is 0.0394. The van der Waals surface area contributed by atoms with Crippen molar-refractivity contribution in [2.45, 2.75) is 38.3 Å². The van der Waals surface area contributed by atoms with Crippen LogP contribution in [0.5, 0.6) is 0 Å². The minimum Gasteiger partial charge on any atom is -0.481 e. The number of hydrogen-bond donors (Lipinski definition) is 3. The Morgan fingerprint density at radius 2 is 1.68 bits per heavy atom. The van der Waals surface area contributed by atoms with Crippen LogP contribution in [0.25, 0.3) is 11.1 Å². The molecule has 9 heteroatoms. The number of benzene rings is 2. The van der Waals surface area contributed by atoms with Gasteiger partial charge in [-0.1, -0.05) is 48.5 Å². The van der Waals surface area contributed by atoms with Crippen molar-refractivity contribution in [2.24, 2.45) is 0 Å². The van der Waals surface area contributed by atoms with Crippen molar-refractivity contribution in [1.29, 1.82) is 0 Å². The van der Waals surface area contributed by atoms with Crippen molar-refractivity contribution in [2.75, 3.05) is 6.61 Å². The first-order chi connectivity index (χ1) is 16.3. The maximum absolute atomic E-state index is 12.7. The second-order valence-electron chi connectivity index (χ2n) is 8.16. The lowest BCUT2D eigenvalue weighted by Crippen LogP contribution is -2.48. The average molecular weight is 463 g/mol. The lowest BCUT2D eigenvalue weighted by atomic mass is 9.98. The molecule has 176 valence electrons. The maximum atomic E-state index is 12.7. The van der Waals surface area contributed by atoms with E-state index in [2.05, 4.69) is 15.6 Å². The number of nitrogens with one attached hydrogen (secondary N) is 2. The molecule has 0 radical (unpaired) electrons. The van der Waals surface area contributed by atoms with Crippen molar-refractivity contribution in [3.8, 4) is 11.1 Å². The zero-order chi connectivity index (χ0) is 24.2. The van der Waals surface area contributed by atoms with Gasteiger partial charge in [0.15, 0.2) is 0 Å². The normalized spacial score (nSPS) is 13.9. The number of hydrogen-bond acceptors (Lipinski definition) is 6. The lowest BCUT2D eigenvalue weighted by Gasteiger charge is -2.20. The highest BCUT2D eigenvalue weighted by atomic mass is 16.5. The van der Waals surface area contributed by atoms with Crippen LogP contribution in [0.4, 0.5) is 4.79 Å². The maximum Gasteiger partial charge on any atom is 0.407 e. The van der Waals surface area contributed by atoms with Gasteiger partial charge in [0.05, 0.1) is 12.6 Å². The van der Waals surface area contributed by atoms with Crippen LogP contribution in [0.3, 0.4) is 0 Å². The summed E-state index contributed by atoms with van der Waals surface area (Å²) in [6, 6.07) is 13.9. The SMILES string of the molecule is Cc1cnc(C(C)NC(=O)C(CC(=O)O)NC(=O)OCC2c3ccccc3-c3ccccc32)o1. The standard InChI is InChI=1S/C25H25N3O6/c1-14-12-26-24(34-14)15(2)27-23(31)21(11-22(29)30)28-25(32)33-13-20-18-9-5-3-7-16(18)17-8-4-6-10-19(17)20/h3-10,12,15,20-21H,11,13H2,1-2H3,(H,27,31)(H,28,32)(H,29,30). The number of aliphatic carboxylic acids is 1. The number of carboxylic acid groups (broad SMARTS) is 1. The Morgan fingerprint density at radius 3 is 2.24 bits per heavy atom. The molecule has 1 aromatic heterocycles. The van der Waals surface area contributed by atoms with Crippen LogP contribution in [-0.2, 0) is 14.3 Å². The van der Waals surface area contributed by atoms with E-state index in [-0.39, 0.29) is 18.4 Å². The number of ether oxygens (including phenoxy) is 1. The Balaban J connectivity index is 1.40. The largest absolute Gasteiger partial charge is 0.481 e. The van der Waals surface area contributed by atoms with Gasteiger partial charge in [0.2, 0.25) is 11.8 Å². The smallest absolute Gasteiger partial charge is 0.407 e. The molecule has 0 bridgehead atoms. The Morgan fingerprint density at radius 1 is 1.06 bits per heavy atom. The molecule has 1 heterocycles. The van der Waals surface area contributed by atoms with E-state index in [1.807, 2.05) is 48.5 Å². The van der Waals surface area contributed by atoms with Crippen molar-refractivity contribution in [1.82, 2.24) is 15.6 Å². The van der Waals surface area contributed by atoms with Crippen LogP contribution in [0.1, 0.15) is 48.1 Å². The van der Waals surface area contributed by atoms with Gasteiger partial charge < -0.3 is 24.9 Å². The van der Waals surface area contributed by atoms with Gasteiger partial charge in [-0.3, -0.25) is 9.59 Å². The minimum atomic E-state index is -1.33. The number of amides is 2. The fraction of sp³-hybridized carbons (Fsp3) is 0.280. The Hall–Kier alpha value is -4.14. The summed E-state index contributed by atoms with van der Waals surface area (Å²) in [6.45, 7) is 3.42. The Kier molecular flexibility index (Phi) is 6.62. The molecule has 2 atom stereocenters. The summed E-state index contributed by atoms with van der Waals surface area (Å²) in [7, 11) is 0. The second kappa shape index (κ2) is 9.78. The molecule has 2 unspecified atom stereocenters. The number of aryl methyl sites for hydroxylation is 1. The summed E-state index contributed by atoms with van der Waals surface area (Å²) >= 11 is 0. The third kappa shape index (κ3) is 4.93. The van der Waals surface area contributed by atoms with Crippen molar-refractivity contribution in [3.63, 3.8) is 0 Å². The molecule has 0 fully saturated rings. The molecule has 2 aromatic carbocycles. The van der Waals surface area contributed by atoms with Gasteiger partial charge in [0.1, 0.15) is 24.5 Å². The number of alkyl carbamates (subject to hydrolysis) is 1. The van der Waals surface area contributed by atoms with E-state index < -0.39 is 36.5 Å². The number of carboxylic acids is 1. The molecule has 9 nitrogen and oxygen atoms in total. The molecule has 4 rings (SSSR count). The molecule has 3 N–H and O–H groups in total. The van der Waals surface area contributed by atoms with E-state index in [0.717, 1.165) is 22.3 Å². The zero-order valence-electron chi connectivity index (χ0n) is 18.8. The molecule has 0 saturated carbocycles. The molecule has 34 heavy (non-hydrogen) atoms. The zero-order valence-corrected chi connectivity index (χ0v) is 18.8. The lowest BCUT2D eigenvalue weighted by molar-refractivity contribution is -0.140. The van der Waals surface area contributed by atoms with Gasteiger partial charge in [-0.2, -0.15) is 0 Å². The highest BCUT2D eigenvalue weighted by Gasteiger charge is 2.30. The first kappa shape index (κ1) is 23.0. The van der Waals surface area contributed by atoms with Crippen molar-refractivity contribution in [3.05, 3.63) is 77.5 Å². The predicted octanol–water partition coefficient (Wildman–Crippen LogP) is 3.54. The molecular weight excluding hydrogens is 438 g/mol. The number of nitrogens with zero attached hydrogens (tertiary/aromatic N) is 1. The predicted molar refractivity (Wildman–Crippen MR) is 122 cm³/mol. The van der Waals surface area contributed by atoms with E-state index in [1.54, 1.807) is 13.8 Å². The summed E-state index contributed by atoms with van der Waals surface area (Å²) < 4.78 is 10.8. The number of aromatic nitrogens is 1. The van der Waals surface area contributed by atoms with Crippen LogP contribution in [0.15, 0.2) is 59.1 Å². The molecule has 0 aliphatic heterocycles. The second-order valence-corrected chi connectivity index (χ2v) is 8.16. The summed E-state index contributed by atoms with van der Waals surface area (Å²) in [5.41, 5.74) is 4.27. The summed E-state index contributed by atoms with van der Waals surface area (Å²) in [5.74, 6) is -1.22. The van der Waals surface area contributed by atoms with Crippen LogP contribution in [0, 0.1) is 6.92 Å². The summed E-state index contributed by atoms with van der Waals surface area (Å²) in [4.78, 5) is 40.6. The third-order valence-corrected chi connectivity index (χ3v) is 5.70. The first-order valence-corrected chi connectivity index (χ1v) is 10.9. The average Bonchev–Trinajstić information content (AvgIpc) is 3.38. The minimum absolute atomic E-state index is 0.0489.